The third kappa shape index (κ3) is 3.98. The number of benzene rings is 7. The lowest BCUT2D eigenvalue weighted by molar-refractivity contribution is 0.660. The lowest BCUT2D eigenvalue weighted by Gasteiger charge is -2.24. The summed E-state index contributed by atoms with van der Waals surface area (Å²) in [5.74, 6) is 0. The quantitative estimate of drug-likeness (QED) is 0.184. The van der Waals surface area contributed by atoms with Crippen LogP contribution in [0.25, 0.3) is 66.1 Å². The number of rotatable bonds is 3. The molecular weight excluding hydrogens is 540 g/mol. The minimum Gasteiger partial charge on any atom is -0.0622 e. The molecule has 9 rings (SSSR count). The van der Waals surface area contributed by atoms with Crippen molar-refractivity contribution in [3.05, 3.63) is 156 Å². The molecule has 216 valence electrons. The van der Waals surface area contributed by atoms with Crippen molar-refractivity contribution in [2.24, 2.45) is 0 Å². The molecular formula is C45H36. The molecule has 0 aromatic heterocycles. The van der Waals surface area contributed by atoms with E-state index in [0.29, 0.717) is 0 Å². The smallest absolute Gasteiger partial charge is 0.0159 e. The summed E-state index contributed by atoms with van der Waals surface area (Å²) in [6.45, 7) is 4.76. The van der Waals surface area contributed by atoms with E-state index in [2.05, 4.69) is 147 Å². The second kappa shape index (κ2) is 10.0. The molecule has 0 fully saturated rings. The van der Waals surface area contributed by atoms with Crippen LogP contribution in [0, 0.1) is 0 Å². The van der Waals surface area contributed by atoms with Crippen molar-refractivity contribution in [1.82, 2.24) is 0 Å². The van der Waals surface area contributed by atoms with Crippen molar-refractivity contribution < 1.29 is 0 Å². The molecule has 0 saturated carbocycles. The van der Waals surface area contributed by atoms with Crippen molar-refractivity contribution in [2.75, 3.05) is 0 Å². The van der Waals surface area contributed by atoms with E-state index in [1.165, 1.54) is 102 Å². The van der Waals surface area contributed by atoms with E-state index in [1.54, 1.807) is 5.56 Å². The molecule has 0 bridgehead atoms. The van der Waals surface area contributed by atoms with Gasteiger partial charge in [-0.25, -0.2) is 0 Å². The van der Waals surface area contributed by atoms with Crippen LogP contribution in [0.4, 0.5) is 0 Å². The first kappa shape index (κ1) is 26.5. The van der Waals surface area contributed by atoms with Gasteiger partial charge >= 0.3 is 0 Å². The van der Waals surface area contributed by atoms with Crippen LogP contribution in [0.3, 0.4) is 0 Å². The Bertz CT molecular complexity index is 2280. The van der Waals surface area contributed by atoms with Crippen molar-refractivity contribution in [1.29, 1.82) is 0 Å². The Morgan fingerprint density at radius 2 is 1.09 bits per heavy atom. The summed E-state index contributed by atoms with van der Waals surface area (Å²) in [5.41, 5.74) is 16.5. The maximum Gasteiger partial charge on any atom is 0.0159 e. The van der Waals surface area contributed by atoms with E-state index in [0.717, 1.165) is 6.42 Å². The van der Waals surface area contributed by atoms with Crippen LogP contribution in [0.5, 0.6) is 0 Å². The minimum absolute atomic E-state index is 0.0498. The minimum atomic E-state index is -0.0498. The van der Waals surface area contributed by atoms with Crippen LogP contribution < -0.4 is 0 Å². The lowest BCUT2D eigenvalue weighted by atomic mass is 9.79. The molecule has 2 aliphatic carbocycles. The molecule has 0 radical (unpaired) electrons. The number of hydrogen-bond donors (Lipinski definition) is 0. The number of aryl methyl sites for hydroxylation is 1. The van der Waals surface area contributed by atoms with Gasteiger partial charge in [0.05, 0.1) is 0 Å². The molecule has 0 atom stereocenters. The monoisotopic (exact) mass is 576 g/mol. The predicted octanol–water partition coefficient (Wildman–Crippen LogP) is 12.2. The van der Waals surface area contributed by atoms with Gasteiger partial charge in [0.25, 0.3) is 0 Å². The van der Waals surface area contributed by atoms with E-state index >= 15 is 0 Å². The molecule has 0 heterocycles. The van der Waals surface area contributed by atoms with Crippen molar-refractivity contribution >= 4 is 21.5 Å². The average molecular weight is 577 g/mol. The standard InChI is InChI=1S/C45H36/c1-45(2)41-22-11-10-18-34(41)35-25-24-32(28-42(35)45)43-37-19-8-9-20-38(37)44(36-21-12-16-30-15-6-7-17-33(30)36)39-26-23-31(27-40(39)43)29-13-4-3-5-14-29/h3-5,8-14,16,18-28H,6-7,15,17H2,1-2H3. The van der Waals surface area contributed by atoms with E-state index in [-0.39, 0.29) is 5.41 Å². The first-order chi connectivity index (χ1) is 22.1. The molecule has 7 aromatic rings. The average Bonchev–Trinajstić information content (AvgIpc) is 3.32. The fourth-order valence-electron chi connectivity index (χ4n) is 8.47. The summed E-state index contributed by atoms with van der Waals surface area (Å²) < 4.78 is 0. The van der Waals surface area contributed by atoms with Crippen LogP contribution in [0.2, 0.25) is 0 Å². The molecule has 0 N–H and O–H groups in total. The van der Waals surface area contributed by atoms with Gasteiger partial charge in [0.1, 0.15) is 0 Å². The molecule has 0 amide bonds. The van der Waals surface area contributed by atoms with E-state index in [9.17, 15) is 0 Å². The van der Waals surface area contributed by atoms with E-state index in [1.807, 2.05) is 0 Å². The molecule has 0 spiro atoms. The third-order valence-corrected chi connectivity index (χ3v) is 10.7. The normalized spacial score (nSPS) is 14.7. The lowest BCUT2D eigenvalue weighted by Crippen LogP contribution is -2.14. The van der Waals surface area contributed by atoms with Crippen LogP contribution in [0.15, 0.2) is 133 Å². The number of fused-ring (bicyclic) bond motifs is 6. The highest BCUT2D eigenvalue weighted by atomic mass is 14.4. The zero-order chi connectivity index (χ0) is 30.1. The Morgan fingerprint density at radius 1 is 0.422 bits per heavy atom. The molecule has 0 nitrogen and oxygen atoms in total. The van der Waals surface area contributed by atoms with Crippen molar-refractivity contribution in [3.63, 3.8) is 0 Å². The van der Waals surface area contributed by atoms with Crippen LogP contribution in [-0.2, 0) is 18.3 Å². The van der Waals surface area contributed by atoms with Gasteiger partial charge in [0.15, 0.2) is 0 Å². The van der Waals surface area contributed by atoms with Gasteiger partial charge in [-0.15, -0.1) is 0 Å². The zero-order valence-corrected chi connectivity index (χ0v) is 26.0. The van der Waals surface area contributed by atoms with Gasteiger partial charge in [0, 0.05) is 5.41 Å². The first-order valence-corrected chi connectivity index (χ1v) is 16.5. The third-order valence-electron chi connectivity index (χ3n) is 10.7. The molecule has 0 heteroatoms. The first-order valence-electron chi connectivity index (χ1n) is 16.5. The Morgan fingerprint density at radius 3 is 1.96 bits per heavy atom. The SMILES string of the molecule is CC1(C)c2ccccc2-c2ccc(-c3c4ccccc4c(-c4cccc5c4CCCC5)c4ccc(-c5ccccc5)cc34)cc21. The maximum atomic E-state index is 2.50. The second-order valence-corrected chi connectivity index (χ2v) is 13.5. The highest BCUT2D eigenvalue weighted by Gasteiger charge is 2.35. The maximum absolute atomic E-state index is 2.50. The largest absolute Gasteiger partial charge is 0.0622 e. The van der Waals surface area contributed by atoms with Gasteiger partial charge < -0.3 is 0 Å². The van der Waals surface area contributed by atoms with Gasteiger partial charge in [-0.1, -0.05) is 135 Å². The van der Waals surface area contributed by atoms with E-state index < -0.39 is 0 Å². The molecule has 2 aliphatic rings. The Kier molecular flexibility index (Phi) is 5.91. The highest BCUT2D eigenvalue weighted by Crippen LogP contribution is 2.52. The second-order valence-electron chi connectivity index (χ2n) is 13.5. The highest BCUT2D eigenvalue weighted by molar-refractivity contribution is 6.22. The van der Waals surface area contributed by atoms with Gasteiger partial charge in [-0.2, -0.15) is 0 Å². The van der Waals surface area contributed by atoms with Crippen molar-refractivity contribution in [2.45, 2.75) is 44.9 Å². The Labute approximate surface area is 266 Å². The molecule has 0 aliphatic heterocycles. The van der Waals surface area contributed by atoms with Gasteiger partial charge in [-0.3, -0.25) is 0 Å². The van der Waals surface area contributed by atoms with Crippen LogP contribution in [-0.4, -0.2) is 0 Å². The fourth-order valence-corrected chi connectivity index (χ4v) is 8.47. The fraction of sp³-hybridized carbons (Fsp3) is 0.156. The summed E-state index contributed by atoms with van der Waals surface area (Å²) in [6.07, 6.45) is 4.90. The molecule has 0 saturated heterocycles. The zero-order valence-electron chi connectivity index (χ0n) is 26.0. The predicted molar refractivity (Wildman–Crippen MR) is 192 cm³/mol. The Hall–Kier alpha value is -4.94. The van der Waals surface area contributed by atoms with Crippen LogP contribution in [0.1, 0.15) is 48.9 Å². The summed E-state index contributed by atoms with van der Waals surface area (Å²) in [7, 11) is 0. The molecule has 0 unspecified atom stereocenters. The summed E-state index contributed by atoms with van der Waals surface area (Å²) in [6, 6.07) is 50.4. The van der Waals surface area contributed by atoms with Crippen molar-refractivity contribution in [3.8, 4) is 44.5 Å². The summed E-state index contributed by atoms with van der Waals surface area (Å²) in [5, 5.41) is 5.33. The Balaban J connectivity index is 1.39. The summed E-state index contributed by atoms with van der Waals surface area (Å²) in [4.78, 5) is 0. The molecule has 45 heavy (non-hydrogen) atoms. The molecule has 7 aromatic carbocycles. The van der Waals surface area contributed by atoms with Gasteiger partial charge in [0.2, 0.25) is 0 Å². The number of hydrogen-bond acceptors (Lipinski definition) is 0. The summed E-state index contributed by atoms with van der Waals surface area (Å²) >= 11 is 0. The topological polar surface area (TPSA) is 0 Å². The van der Waals surface area contributed by atoms with E-state index in [4.69, 9.17) is 0 Å². The van der Waals surface area contributed by atoms with Crippen LogP contribution >= 0.6 is 0 Å². The van der Waals surface area contributed by atoms with Gasteiger partial charge in [-0.05, 0) is 126 Å².